The van der Waals surface area contributed by atoms with Crippen molar-refractivity contribution >= 4 is 12.0 Å². The number of carboxylic acid groups (broad SMARTS) is 1. The van der Waals surface area contributed by atoms with Gasteiger partial charge in [-0.3, -0.25) is 9.69 Å². The minimum Gasteiger partial charge on any atom is -0.493 e. The maximum absolute atomic E-state index is 12.2. The molecule has 1 saturated carbocycles. The van der Waals surface area contributed by atoms with Crippen molar-refractivity contribution in [3.8, 4) is 17.2 Å². The fourth-order valence-electron chi connectivity index (χ4n) is 3.33. The number of hydrogen-bond donors (Lipinski definition) is 3. The molecule has 0 spiro atoms. The Morgan fingerprint density at radius 1 is 1.14 bits per heavy atom. The molecule has 0 atom stereocenters. The highest BCUT2D eigenvalue weighted by Crippen LogP contribution is 2.38. The van der Waals surface area contributed by atoms with Crippen LogP contribution < -0.4 is 24.8 Å². The summed E-state index contributed by atoms with van der Waals surface area (Å²) in [6.45, 7) is 2.95. The number of aliphatic carboxylic acids is 1. The summed E-state index contributed by atoms with van der Waals surface area (Å²) in [4.78, 5) is 24.9. The fourth-order valence-corrected chi connectivity index (χ4v) is 3.33. The van der Waals surface area contributed by atoms with E-state index in [1.54, 1.807) is 12.1 Å². The van der Waals surface area contributed by atoms with E-state index in [1.165, 1.54) is 21.3 Å². The number of rotatable bonds is 10. The van der Waals surface area contributed by atoms with Crippen molar-refractivity contribution in [3.05, 3.63) is 17.7 Å². The largest absolute Gasteiger partial charge is 0.493 e. The van der Waals surface area contributed by atoms with E-state index in [2.05, 4.69) is 10.6 Å². The molecule has 1 aromatic carbocycles. The van der Waals surface area contributed by atoms with E-state index in [4.69, 9.17) is 19.3 Å². The van der Waals surface area contributed by atoms with Crippen LogP contribution in [0.3, 0.4) is 0 Å². The highest BCUT2D eigenvalue weighted by molar-refractivity contribution is 5.74. The number of carbonyl (C=O) groups excluding carboxylic acids is 1. The molecule has 0 heterocycles. The van der Waals surface area contributed by atoms with Crippen LogP contribution >= 0.6 is 0 Å². The summed E-state index contributed by atoms with van der Waals surface area (Å²) in [5.41, 5.74) is 0.815. The first-order valence-electron chi connectivity index (χ1n) is 9.20. The molecule has 0 aliphatic heterocycles. The molecule has 2 amide bonds. The van der Waals surface area contributed by atoms with Crippen LogP contribution in [0, 0.1) is 0 Å². The van der Waals surface area contributed by atoms with Crippen LogP contribution in [-0.4, -0.2) is 68.5 Å². The van der Waals surface area contributed by atoms with Gasteiger partial charge in [-0.2, -0.15) is 0 Å². The first-order chi connectivity index (χ1) is 13.4. The lowest BCUT2D eigenvalue weighted by Crippen LogP contribution is -2.56. The molecular formula is C19H29N3O6. The number of hydrogen-bond acceptors (Lipinski definition) is 6. The van der Waals surface area contributed by atoms with Crippen LogP contribution in [0.4, 0.5) is 4.79 Å². The second-order valence-corrected chi connectivity index (χ2v) is 6.64. The fraction of sp³-hybridized carbons (Fsp3) is 0.579. The normalized spacial score (nSPS) is 18.2. The Bertz CT molecular complexity index is 665. The molecular weight excluding hydrogens is 366 g/mol. The molecule has 28 heavy (non-hydrogen) atoms. The van der Waals surface area contributed by atoms with E-state index in [0.29, 0.717) is 30.3 Å². The third kappa shape index (κ3) is 5.41. The number of likely N-dealkylation sites (N-methyl/N-ethyl adjacent to an activating group) is 1. The lowest BCUT2D eigenvalue weighted by molar-refractivity contribution is -0.139. The van der Waals surface area contributed by atoms with Gasteiger partial charge in [0, 0.05) is 18.6 Å². The molecule has 3 N–H and O–H groups in total. The minimum absolute atomic E-state index is 0.0290. The lowest BCUT2D eigenvalue weighted by Gasteiger charge is -2.42. The molecule has 1 aliphatic rings. The number of methoxy groups -OCH3 is 3. The van der Waals surface area contributed by atoms with Gasteiger partial charge in [0.25, 0.3) is 0 Å². The number of amides is 2. The highest BCUT2D eigenvalue weighted by atomic mass is 16.5. The Kier molecular flexibility index (Phi) is 7.74. The zero-order chi connectivity index (χ0) is 20.7. The number of carbonyl (C=O) groups is 2. The van der Waals surface area contributed by atoms with Crippen molar-refractivity contribution in [2.45, 2.75) is 38.4 Å². The van der Waals surface area contributed by atoms with Crippen LogP contribution in [0.2, 0.25) is 0 Å². The molecule has 1 aliphatic carbocycles. The van der Waals surface area contributed by atoms with Crippen LogP contribution in [0.1, 0.15) is 25.3 Å². The predicted octanol–water partition coefficient (Wildman–Crippen LogP) is 1.45. The molecule has 0 saturated heterocycles. The predicted molar refractivity (Wildman–Crippen MR) is 103 cm³/mol. The average Bonchev–Trinajstić information content (AvgIpc) is 2.65. The molecule has 1 fully saturated rings. The third-order valence-electron chi connectivity index (χ3n) is 4.89. The van der Waals surface area contributed by atoms with E-state index in [0.717, 1.165) is 18.4 Å². The van der Waals surface area contributed by atoms with E-state index in [-0.39, 0.29) is 24.7 Å². The number of carboxylic acids is 1. The highest BCUT2D eigenvalue weighted by Gasteiger charge is 2.34. The summed E-state index contributed by atoms with van der Waals surface area (Å²) in [7, 11) is 4.62. The molecule has 0 radical (unpaired) electrons. The lowest BCUT2D eigenvalue weighted by atomic mass is 9.85. The summed E-state index contributed by atoms with van der Waals surface area (Å²) in [6, 6.07) is 3.55. The number of benzene rings is 1. The van der Waals surface area contributed by atoms with Crippen molar-refractivity contribution in [3.63, 3.8) is 0 Å². The van der Waals surface area contributed by atoms with Crippen LogP contribution in [0.15, 0.2) is 12.1 Å². The van der Waals surface area contributed by atoms with E-state index >= 15 is 0 Å². The Labute approximate surface area is 164 Å². The Hall–Kier alpha value is -2.68. The first kappa shape index (κ1) is 21.6. The molecule has 0 bridgehead atoms. The second kappa shape index (κ2) is 10.0. The van der Waals surface area contributed by atoms with Gasteiger partial charge in [0.15, 0.2) is 11.5 Å². The summed E-state index contributed by atoms with van der Waals surface area (Å²) in [6.07, 6.45) is 1.50. The molecule has 9 nitrogen and oxygen atoms in total. The van der Waals surface area contributed by atoms with E-state index in [9.17, 15) is 9.59 Å². The van der Waals surface area contributed by atoms with E-state index in [1.807, 2.05) is 11.8 Å². The summed E-state index contributed by atoms with van der Waals surface area (Å²) in [5, 5.41) is 14.7. The van der Waals surface area contributed by atoms with Gasteiger partial charge >= 0.3 is 12.0 Å². The quantitative estimate of drug-likeness (QED) is 0.550. The number of nitrogens with zero attached hydrogens (tertiary/aromatic N) is 1. The maximum Gasteiger partial charge on any atom is 0.317 e. The molecule has 0 unspecified atom stereocenters. The number of ether oxygens (including phenoxy) is 3. The average molecular weight is 395 g/mol. The summed E-state index contributed by atoms with van der Waals surface area (Å²) < 4.78 is 15.9. The molecule has 156 valence electrons. The molecule has 0 aromatic heterocycles. The van der Waals surface area contributed by atoms with Gasteiger partial charge < -0.3 is 30.0 Å². The zero-order valence-electron chi connectivity index (χ0n) is 16.8. The van der Waals surface area contributed by atoms with Crippen molar-refractivity contribution in [2.75, 3.05) is 34.4 Å². The molecule has 2 rings (SSSR count). The number of nitrogens with one attached hydrogen (secondary N) is 2. The van der Waals surface area contributed by atoms with Gasteiger partial charge in [-0.25, -0.2) is 4.79 Å². The molecule has 9 heteroatoms. The van der Waals surface area contributed by atoms with Crippen LogP contribution in [0.5, 0.6) is 17.2 Å². The minimum atomic E-state index is -0.832. The first-order valence-corrected chi connectivity index (χ1v) is 9.20. The SMILES string of the molecule is CCN(CC(=O)O)C1CC(NC(=O)NCc2cc(OC)c(OC)c(OC)c2)C1. The van der Waals surface area contributed by atoms with Gasteiger partial charge in [0.1, 0.15) is 0 Å². The summed E-state index contributed by atoms with van der Waals surface area (Å²) >= 11 is 0. The van der Waals surface area contributed by atoms with E-state index < -0.39 is 5.97 Å². The number of urea groups is 1. The van der Waals surface area contributed by atoms with Crippen molar-refractivity contribution < 1.29 is 28.9 Å². The van der Waals surface area contributed by atoms with Gasteiger partial charge in [0.2, 0.25) is 5.75 Å². The zero-order valence-corrected chi connectivity index (χ0v) is 16.8. The Morgan fingerprint density at radius 3 is 2.21 bits per heavy atom. The van der Waals surface area contributed by atoms with Gasteiger partial charge in [-0.05, 0) is 37.1 Å². The standard InChI is InChI=1S/C19H29N3O6/c1-5-22(11-17(23)24)14-8-13(9-14)21-19(25)20-10-12-6-15(26-2)18(28-4)16(7-12)27-3/h6-7,13-14H,5,8-11H2,1-4H3,(H,23,24)(H2,20,21,25). The topological polar surface area (TPSA) is 109 Å². The van der Waals surface area contributed by atoms with Gasteiger partial charge in [-0.1, -0.05) is 6.92 Å². The Balaban J connectivity index is 1.83. The van der Waals surface area contributed by atoms with Crippen molar-refractivity contribution in [2.24, 2.45) is 0 Å². The third-order valence-corrected chi connectivity index (χ3v) is 4.89. The van der Waals surface area contributed by atoms with Gasteiger partial charge in [0.05, 0.1) is 27.9 Å². The monoisotopic (exact) mass is 395 g/mol. The smallest absolute Gasteiger partial charge is 0.317 e. The second-order valence-electron chi connectivity index (χ2n) is 6.64. The van der Waals surface area contributed by atoms with Crippen molar-refractivity contribution in [1.29, 1.82) is 0 Å². The summed E-state index contributed by atoms with van der Waals surface area (Å²) in [5.74, 6) is 0.722. The van der Waals surface area contributed by atoms with Gasteiger partial charge in [-0.15, -0.1) is 0 Å². The van der Waals surface area contributed by atoms with Crippen LogP contribution in [0.25, 0.3) is 0 Å². The maximum atomic E-state index is 12.2. The van der Waals surface area contributed by atoms with Crippen molar-refractivity contribution in [1.82, 2.24) is 15.5 Å². The Morgan fingerprint density at radius 2 is 1.75 bits per heavy atom. The molecule has 1 aromatic rings. The van der Waals surface area contributed by atoms with Crippen LogP contribution in [-0.2, 0) is 11.3 Å².